The van der Waals surface area contributed by atoms with Crippen molar-refractivity contribution in [2.75, 3.05) is 21.5 Å². The van der Waals surface area contributed by atoms with E-state index in [-0.39, 0.29) is 21.3 Å². The molecule has 2 aromatic rings. The van der Waals surface area contributed by atoms with Crippen LogP contribution in [-0.4, -0.2) is 37.0 Å². The van der Waals surface area contributed by atoms with Crippen LogP contribution in [0.4, 0.5) is 16.5 Å². The number of carbonyl (C=O) groups excluding carboxylic acids is 2. The molecule has 1 fully saturated rings. The molecule has 0 saturated carbocycles. The summed E-state index contributed by atoms with van der Waals surface area (Å²) in [5, 5.41) is 9.68. The number of rotatable bonds is 5. The normalized spacial score (nSPS) is 14.6. The Balaban J connectivity index is 1.73. The second-order valence-corrected chi connectivity index (χ2v) is 8.19. The first kappa shape index (κ1) is 17.3. The van der Waals surface area contributed by atoms with Gasteiger partial charge in [0.15, 0.2) is 0 Å². The highest BCUT2D eigenvalue weighted by Gasteiger charge is 2.23. The summed E-state index contributed by atoms with van der Waals surface area (Å²) in [7, 11) is -3.91. The maximum absolute atomic E-state index is 12.3. The van der Waals surface area contributed by atoms with Gasteiger partial charge in [0, 0.05) is 31.3 Å². The lowest BCUT2D eigenvalue weighted by Gasteiger charge is -2.16. The molecule has 0 aliphatic carbocycles. The van der Waals surface area contributed by atoms with Crippen molar-refractivity contribution in [3.05, 3.63) is 24.3 Å². The van der Waals surface area contributed by atoms with E-state index in [0.29, 0.717) is 18.7 Å². The van der Waals surface area contributed by atoms with E-state index >= 15 is 0 Å². The minimum Gasteiger partial charge on any atom is -0.312 e. The average molecular weight is 381 g/mol. The van der Waals surface area contributed by atoms with Gasteiger partial charge in [-0.25, -0.2) is 0 Å². The van der Waals surface area contributed by atoms with E-state index in [1.165, 1.54) is 6.92 Å². The van der Waals surface area contributed by atoms with Gasteiger partial charge in [0.05, 0.1) is 0 Å². The van der Waals surface area contributed by atoms with E-state index in [1.807, 2.05) is 0 Å². The maximum atomic E-state index is 12.3. The van der Waals surface area contributed by atoms with Gasteiger partial charge in [0.25, 0.3) is 14.4 Å². The summed E-state index contributed by atoms with van der Waals surface area (Å²) < 4.78 is 26.8. The molecule has 0 spiro atoms. The zero-order valence-electron chi connectivity index (χ0n) is 13.2. The van der Waals surface area contributed by atoms with Crippen LogP contribution in [0.3, 0.4) is 0 Å². The Morgan fingerprint density at radius 3 is 2.56 bits per heavy atom. The Morgan fingerprint density at radius 1 is 1.24 bits per heavy atom. The Hall–Kier alpha value is -2.53. The van der Waals surface area contributed by atoms with E-state index < -0.39 is 10.0 Å². The first-order chi connectivity index (χ1) is 11.8. The Morgan fingerprint density at radius 2 is 1.96 bits per heavy atom. The molecule has 11 heteroatoms. The summed E-state index contributed by atoms with van der Waals surface area (Å²) in [5.74, 6) is -0.298. The van der Waals surface area contributed by atoms with E-state index in [9.17, 15) is 18.0 Å². The number of aromatic nitrogens is 2. The lowest BCUT2D eigenvalue weighted by atomic mass is 10.2. The van der Waals surface area contributed by atoms with Crippen molar-refractivity contribution in [2.24, 2.45) is 0 Å². The molecule has 1 saturated heterocycles. The predicted octanol–water partition coefficient (Wildman–Crippen LogP) is 1.42. The van der Waals surface area contributed by atoms with Crippen molar-refractivity contribution < 1.29 is 18.0 Å². The Kier molecular flexibility index (Phi) is 4.68. The number of amides is 2. The number of hydrogen-bond donors (Lipinski definition) is 2. The molecule has 3 rings (SSSR count). The highest BCUT2D eigenvalue weighted by atomic mass is 32.2. The van der Waals surface area contributed by atoms with Crippen molar-refractivity contribution in [3.63, 3.8) is 0 Å². The van der Waals surface area contributed by atoms with E-state index in [0.717, 1.165) is 23.4 Å². The Bertz CT molecular complexity index is 908. The molecule has 1 aromatic carbocycles. The Labute approximate surface area is 148 Å². The van der Waals surface area contributed by atoms with Gasteiger partial charge < -0.3 is 10.2 Å². The van der Waals surface area contributed by atoms with Gasteiger partial charge >= 0.3 is 0 Å². The quantitative estimate of drug-likeness (QED) is 0.756. The van der Waals surface area contributed by atoms with E-state index in [2.05, 4.69) is 20.2 Å². The zero-order chi connectivity index (χ0) is 18.0. The third kappa shape index (κ3) is 3.94. The highest BCUT2D eigenvalue weighted by Crippen LogP contribution is 2.25. The number of benzene rings is 1. The van der Waals surface area contributed by atoms with E-state index in [4.69, 9.17) is 0 Å². The minimum absolute atomic E-state index is 0.0627. The van der Waals surface area contributed by atoms with Crippen LogP contribution in [-0.2, 0) is 19.6 Å². The SMILES string of the molecule is CC(=O)Nc1nnc(S(=O)(=O)Nc2ccc(N3CCCC3=O)cc2)s1. The first-order valence-corrected chi connectivity index (χ1v) is 9.69. The van der Waals surface area contributed by atoms with Crippen LogP contribution in [0.1, 0.15) is 19.8 Å². The maximum Gasteiger partial charge on any atom is 0.291 e. The highest BCUT2D eigenvalue weighted by molar-refractivity contribution is 7.94. The zero-order valence-corrected chi connectivity index (χ0v) is 14.9. The first-order valence-electron chi connectivity index (χ1n) is 7.39. The number of carbonyl (C=O) groups is 2. The van der Waals surface area contributed by atoms with Crippen LogP contribution >= 0.6 is 11.3 Å². The number of anilines is 3. The molecule has 1 aliphatic rings. The molecule has 0 bridgehead atoms. The van der Waals surface area contributed by atoms with Gasteiger partial charge in [-0.2, -0.15) is 8.42 Å². The van der Waals surface area contributed by atoms with Crippen LogP contribution < -0.4 is 14.9 Å². The van der Waals surface area contributed by atoms with Crippen LogP contribution in [0.2, 0.25) is 0 Å². The van der Waals surface area contributed by atoms with Gasteiger partial charge in [-0.05, 0) is 30.7 Å². The lowest BCUT2D eigenvalue weighted by Crippen LogP contribution is -2.23. The number of sulfonamides is 1. The molecule has 0 atom stereocenters. The van der Waals surface area contributed by atoms with Crippen molar-refractivity contribution in [2.45, 2.75) is 24.1 Å². The van der Waals surface area contributed by atoms with Gasteiger partial charge in [-0.3, -0.25) is 14.3 Å². The standard InChI is InChI=1S/C14H15N5O4S2/c1-9(20)15-13-16-17-14(24-13)25(22,23)18-10-4-6-11(7-5-10)19-8-2-3-12(19)21/h4-7,18H,2-3,8H2,1H3,(H,15,16,20). The minimum atomic E-state index is -3.91. The molecular weight excluding hydrogens is 366 g/mol. The molecule has 1 aliphatic heterocycles. The van der Waals surface area contributed by atoms with Gasteiger partial charge in [0.1, 0.15) is 0 Å². The van der Waals surface area contributed by atoms with Crippen molar-refractivity contribution in [1.29, 1.82) is 0 Å². The van der Waals surface area contributed by atoms with Crippen molar-refractivity contribution in [3.8, 4) is 0 Å². The van der Waals surface area contributed by atoms with Gasteiger partial charge in [-0.1, -0.05) is 11.3 Å². The monoisotopic (exact) mass is 381 g/mol. The fraction of sp³-hybridized carbons (Fsp3) is 0.286. The molecule has 2 amide bonds. The van der Waals surface area contributed by atoms with Gasteiger partial charge in [-0.15, -0.1) is 10.2 Å². The molecule has 9 nitrogen and oxygen atoms in total. The van der Waals surface area contributed by atoms with Crippen molar-refractivity contribution in [1.82, 2.24) is 10.2 Å². The number of hydrogen-bond acceptors (Lipinski definition) is 7. The molecule has 25 heavy (non-hydrogen) atoms. The summed E-state index contributed by atoms with van der Waals surface area (Å²) in [5.41, 5.74) is 1.07. The molecule has 2 N–H and O–H groups in total. The molecule has 0 unspecified atom stereocenters. The molecule has 0 radical (unpaired) electrons. The number of nitrogens with zero attached hydrogens (tertiary/aromatic N) is 3. The van der Waals surface area contributed by atoms with Crippen molar-refractivity contribution >= 4 is 49.7 Å². The van der Waals surface area contributed by atoms with Crippen LogP contribution in [0, 0.1) is 0 Å². The summed E-state index contributed by atoms with van der Waals surface area (Å²) in [6, 6.07) is 6.52. The fourth-order valence-electron chi connectivity index (χ4n) is 2.35. The molecule has 2 heterocycles. The summed E-state index contributed by atoms with van der Waals surface area (Å²) in [6.07, 6.45) is 1.35. The lowest BCUT2D eigenvalue weighted by molar-refractivity contribution is -0.117. The fourth-order valence-corrected chi connectivity index (χ4v) is 4.35. The van der Waals surface area contributed by atoms with Crippen LogP contribution in [0.25, 0.3) is 0 Å². The molecular formula is C14H15N5O4S2. The van der Waals surface area contributed by atoms with Crippen LogP contribution in [0.15, 0.2) is 28.6 Å². The third-order valence-electron chi connectivity index (χ3n) is 3.42. The summed E-state index contributed by atoms with van der Waals surface area (Å²) in [4.78, 5) is 24.4. The summed E-state index contributed by atoms with van der Waals surface area (Å²) >= 11 is 0.754. The second kappa shape index (κ2) is 6.76. The molecule has 1 aromatic heterocycles. The summed E-state index contributed by atoms with van der Waals surface area (Å²) in [6.45, 7) is 1.96. The average Bonchev–Trinajstić information content (AvgIpc) is 3.17. The topological polar surface area (TPSA) is 121 Å². The van der Waals surface area contributed by atoms with Gasteiger partial charge in [0.2, 0.25) is 16.9 Å². The number of nitrogens with one attached hydrogen (secondary N) is 2. The largest absolute Gasteiger partial charge is 0.312 e. The smallest absolute Gasteiger partial charge is 0.291 e. The predicted molar refractivity (Wildman–Crippen MR) is 93.1 cm³/mol. The third-order valence-corrected chi connectivity index (χ3v) is 6.01. The van der Waals surface area contributed by atoms with E-state index in [1.54, 1.807) is 29.2 Å². The molecule has 132 valence electrons. The second-order valence-electron chi connectivity index (χ2n) is 5.36. The van der Waals surface area contributed by atoms with Crippen LogP contribution in [0.5, 0.6) is 0 Å².